The van der Waals surface area contributed by atoms with Gasteiger partial charge in [-0.2, -0.15) is 13.2 Å². The summed E-state index contributed by atoms with van der Waals surface area (Å²) in [6, 6.07) is 2.88. The maximum absolute atomic E-state index is 14.2. The molecule has 1 saturated carbocycles. The number of hydrogen-bond acceptors (Lipinski definition) is 4. The number of anilines is 1. The summed E-state index contributed by atoms with van der Waals surface area (Å²) in [4.78, 5) is 16.3. The lowest BCUT2D eigenvalue weighted by atomic mass is 9.84. The van der Waals surface area contributed by atoms with Gasteiger partial charge >= 0.3 is 6.18 Å². The van der Waals surface area contributed by atoms with E-state index < -0.39 is 17.6 Å². The molecule has 0 bridgehead atoms. The summed E-state index contributed by atoms with van der Waals surface area (Å²) in [6.45, 7) is 4.35. The molecule has 2 aliphatic heterocycles. The SMILES string of the molecule is O=C(N[C@H]1CC[C@H](CCN2CCN(c3cc(C(F)(F)F)ccc3F)CC2)CC1)[C@@H]1CCCN1. The molecule has 33 heavy (non-hydrogen) atoms. The van der Waals surface area contributed by atoms with Gasteiger partial charge < -0.3 is 15.5 Å². The molecular formula is C24H34F4N4O. The number of rotatable bonds is 6. The zero-order valence-corrected chi connectivity index (χ0v) is 19.0. The molecule has 1 aromatic carbocycles. The van der Waals surface area contributed by atoms with E-state index in [1.54, 1.807) is 4.90 Å². The van der Waals surface area contributed by atoms with Crippen LogP contribution in [0.4, 0.5) is 23.2 Å². The second-order valence-electron chi connectivity index (χ2n) is 9.66. The first-order valence-corrected chi connectivity index (χ1v) is 12.2. The normalized spacial score (nSPS) is 27.0. The van der Waals surface area contributed by atoms with Crippen molar-refractivity contribution in [2.24, 2.45) is 5.92 Å². The van der Waals surface area contributed by atoms with Gasteiger partial charge in [0.2, 0.25) is 5.91 Å². The van der Waals surface area contributed by atoms with Crippen molar-refractivity contribution in [1.82, 2.24) is 15.5 Å². The monoisotopic (exact) mass is 470 g/mol. The molecule has 5 nitrogen and oxygen atoms in total. The van der Waals surface area contributed by atoms with Crippen LogP contribution in [0.25, 0.3) is 0 Å². The van der Waals surface area contributed by atoms with Crippen LogP contribution >= 0.6 is 0 Å². The molecule has 0 radical (unpaired) electrons. The van der Waals surface area contributed by atoms with Crippen molar-refractivity contribution in [2.45, 2.75) is 63.2 Å². The summed E-state index contributed by atoms with van der Waals surface area (Å²) in [5.41, 5.74) is -0.773. The largest absolute Gasteiger partial charge is 0.416 e. The van der Waals surface area contributed by atoms with E-state index in [9.17, 15) is 22.4 Å². The van der Waals surface area contributed by atoms with E-state index in [0.29, 0.717) is 19.0 Å². The minimum Gasteiger partial charge on any atom is -0.367 e. The molecule has 3 aliphatic rings. The van der Waals surface area contributed by atoms with Gasteiger partial charge in [0.1, 0.15) is 5.82 Å². The molecule has 1 aromatic rings. The number of carbonyl (C=O) groups excluding carboxylic acids is 1. The lowest BCUT2D eigenvalue weighted by molar-refractivity contribution is -0.137. The first kappa shape index (κ1) is 24.3. The fourth-order valence-electron chi connectivity index (χ4n) is 5.31. The molecule has 1 aliphatic carbocycles. The molecule has 2 saturated heterocycles. The number of hydrogen-bond donors (Lipinski definition) is 2. The van der Waals surface area contributed by atoms with Crippen molar-refractivity contribution in [3.05, 3.63) is 29.6 Å². The predicted octanol–water partition coefficient (Wildman–Crippen LogP) is 3.78. The third kappa shape index (κ3) is 6.38. The molecule has 4 rings (SSSR count). The standard InChI is InChI=1S/C24H34F4N4O/c25-20-8-5-18(24(26,27)28)16-22(20)32-14-12-31(13-15-32)11-9-17-3-6-19(7-4-17)30-23(33)21-2-1-10-29-21/h5,8,16-17,19,21,29H,1-4,6-7,9-15H2,(H,30,33)/t17-,19-,21-/m0/s1. The van der Waals surface area contributed by atoms with Gasteiger partial charge in [-0.05, 0) is 82.2 Å². The van der Waals surface area contributed by atoms with Crippen LogP contribution in [0.3, 0.4) is 0 Å². The number of nitrogens with zero attached hydrogens (tertiary/aromatic N) is 2. The van der Waals surface area contributed by atoms with Gasteiger partial charge in [0.25, 0.3) is 0 Å². The van der Waals surface area contributed by atoms with Crippen LogP contribution in [0.5, 0.6) is 0 Å². The van der Waals surface area contributed by atoms with Crippen molar-refractivity contribution in [1.29, 1.82) is 0 Å². The first-order chi connectivity index (χ1) is 15.8. The van der Waals surface area contributed by atoms with E-state index in [1.165, 1.54) is 0 Å². The predicted molar refractivity (Wildman–Crippen MR) is 120 cm³/mol. The van der Waals surface area contributed by atoms with Gasteiger partial charge in [0, 0.05) is 32.2 Å². The number of amides is 1. The lowest BCUT2D eigenvalue weighted by Crippen LogP contribution is -2.47. The number of alkyl halides is 3. The second-order valence-corrected chi connectivity index (χ2v) is 9.66. The van der Waals surface area contributed by atoms with Gasteiger partial charge in [0.15, 0.2) is 0 Å². The molecule has 9 heteroatoms. The molecule has 2 N–H and O–H groups in total. The van der Waals surface area contributed by atoms with E-state index in [-0.39, 0.29) is 23.7 Å². The Morgan fingerprint density at radius 3 is 2.42 bits per heavy atom. The Balaban J connectivity index is 1.17. The van der Waals surface area contributed by atoms with Crippen LogP contribution in [0, 0.1) is 11.7 Å². The Morgan fingerprint density at radius 1 is 1.06 bits per heavy atom. The first-order valence-electron chi connectivity index (χ1n) is 12.2. The van der Waals surface area contributed by atoms with Crippen molar-refractivity contribution in [3.63, 3.8) is 0 Å². The highest BCUT2D eigenvalue weighted by Crippen LogP contribution is 2.33. The maximum Gasteiger partial charge on any atom is 0.416 e. The molecule has 3 fully saturated rings. The van der Waals surface area contributed by atoms with Crippen LogP contribution in [0.2, 0.25) is 0 Å². The molecule has 0 unspecified atom stereocenters. The highest BCUT2D eigenvalue weighted by Gasteiger charge is 2.32. The van der Waals surface area contributed by atoms with Crippen LogP contribution in [0.1, 0.15) is 50.5 Å². The zero-order valence-electron chi connectivity index (χ0n) is 19.0. The van der Waals surface area contributed by atoms with E-state index in [1.807, 2.05) is 0 Å². The summed E-state index contributed by atoms with van der Waals surface area (Å²) < 4.78 is 53.1. The summed E-state index contributed by atoms with van der Waals surface area (Å²) in [5.74, 6) is 0.178. The number of halogens is 4. The fourth-order valence-corrected chi connectivity index (χ4v) is 5.31. The van der Waals surface area contributed by atoms with Gasteiger partial charge in [-0.15, -0.1) is 0 Å². The summed E-state index contributed by atoms with van der Waals surface area (Å²) in [5, 5.41) is 6.45. The highest BCUT2D eigenvalue weighted by atomic mass is 19.4. The van der Waals surface area contributed by atoms with Gasteiger partial charge in [-0.1, -0.05) is 0 Å². The van der Waals surface area contributed by atoms with Crippen LogP contribution in [-0.4, -0.2) is 62.2 Å². The molecule has 2 heterocycles. The molecule has 1 amide bonds. The van der Waals surface area contributed by atoms with Crippen molar-refractivity contribution < 1.29 is 22.4 Å². The fraction of sp³-hybridized carbons (Fsp3) is 0.708. The van der Waals surface area contributed by atoms with Crippen molar-refractivity contribution >= 4 is 11.6 Å². The molecular weight excluding hydrogens is 436 g/mol. The quantitative estimate of drug-likeness (QED) is 0.622. The summed E-state index contributed by atoms with van der Waals surface area (Å²) in [6.07, 6.45) is 2.86. The Bertz CT molecular complexity index is 796. The maximum atomic E-state index is 14.2. The van der Waals surface area contributed by atoms with Gasteiger partial charge in [-0.3, -0.25) is 9.69 Å². The van der Waals surface area contributed by atoms with Gasteiger partial charge in [-0.25, -0.2) is 4.39 Å². The topological polar surface area (TPSA) is 47.6 Å². The third-order valence-electron chi connectivity index (χ3n) is 7.41. The minimum atomic E-state index is -4.47. The zero-order chi connectivity index (χ0) is 23.4. The number of carbonyl (C=O) groups is 1. The number of nitrogens with one attached hydrogen (secondary N) is 2. The van der Waals surface area contributed by atoms with E-state index in [4.69, 9.17) is 0 Å². The Kier molecular flexibility index (Phi) is 7.79. The van der Waals surface area contributed by atoms with E-state index in [2.05, 4.69) is 15.5 Å². The summed E-state index contributed by atoms with van der Waals surface area (Å²) in [7, 11) is 0. The highest BCUT2D eigenvalue weighted by molar-refractivity contribution is 5.82. The lowest BCUT2D eigenvalue weighted by Gasteiger charge is -2.37. The van der Waals surface area contributed by atoms with Crippen molar-refractivity contribution in [2.75, 3.05) is 44.2 Å². The Labute approximate surface area is 192 Å². The van der Waals surface area contributed by atoms with Gasteiger partial charge in [0.05, 0.1) is 17.3 Å². The number of benzene rings is 1. The summed E-state index contributed by atoms with van der Waals surface area (Å²) >= 11 is 0. The molecule has 1 atom stereocenters. The Hall–Kier alpha value is -1.87. The van der Waals surface area contributed by atoms with Crippen LogP contribution < -0.4 is 15.5 Å². The molecule has 184 valence electrons. The van der Waals surface area contributed by atoms with E-state index in [0.717, 1.165) is 89.3 Å². The third-order valence-corrected chi connectivity index (χ3v) is 7.41. The van der Waals surface area contributed by atoms with Crippen LogP contribution in [-0.2, 0) is 11.0 Å². The van der Waals surface area contributed by atoms with Crippen molar-refractivity contribution in [3.8, 4) is 0 Å². The average Bonchev–Trinajstić information content (AvgIpc) is 3.34. The number of piperazine rings is 1. The minimum absolute atomic E-state index is 0.0224. The molecule has 0 aromatic heterocycles. The van der Waals surface area contributed by atoms with Crippen LogP contribution in [0.15, 0.2) is 18.2 Å². The van der Waals surface area contributed by atoms with E-state index >= 15 is 0 Å². The Morgan fingerprint density at radius 2 is 1.79 bits per heavy atom. The average molecular weight is 471 g/mol. The second kappa shape index (κ2) is 10.6. The smallest absolute Gasteiger partial charge is 0.367 e. The molecule has 0 spiro atoms.